The predicted octanol–water partition coefficient (Wildman–Crippen LogP) is 5.72. The van der Waals surface area contributed by atoms with Crippen LogP contribution in [-0.4, -0.2) is 71.3 Å². The number of halogens is 6. The van der Waals surface area contributed by atoms with Gasteiger partial charge in [-0.3, -0.25) is 9.36 Å². The summed E-state index contributed by atoms with van der Waals surface area (Å²) in [5.41, 5.74) is -3.01. The topological polar surface area (TPSA) is 76.9 Å². The molecule has 1 saturated heterocycles. The van der Waals surface area contributed by atoms with Crippen molar-refractivity contribution in [1.29, 1.82) is 0 Å². The first-order chi connectivity index (χ1) is 20.8. The standard InChI is InChI=1S/C29H28ClF5N4O4S/c1-5-23(40)39-14(2)9-37(10-15(39)3)27-18-6-19(29(33,34)35)24(17-7-20(30)22(32)8-21(17)31)26-25(18)38(28(41)36-27)11-16(12-44-26)43-13-42-4/h5-8,14-16H,1,9-13H2,2-4H3. The number of amides is 1. The average molecular weight is 659 g/mol. The van der Waals surface area contributed by atoms with Crippen LogP contribution in [-0.2, 0) is 27.0 Å². The first-order valence-corrected chi connectivity index (χ1v) is 14.9. The maximum atomic E-state index is 15.3. The number of alkyl halides is 3. The minimum absolute atomic E-state index is 0.00146. The molecule has 3 unspecified atom stereocenters. The van der Waals surface area contributed by atoms with Crippen LogP contribution >= 0.6 is 23.4 Å². The van der Waals surface area contributed by atoms with Gasteiger partial charge >= 0.3 is 11.9 Å². The van der Waals surface area contributed by atoms with Gasteiger partial charge in [-0.1, -0.05) is 18.2 Å². The molecule has 2 aliphatic rings. The van der Waals surface area contributed by atoms with Gasteiger partial charge in [-0.05, 0) is 32.1 Å². The molecule has 0 spiro atoms. The minimum Gasteiger partial charge on any atom is -0.359 e. The first-order valence-electron chi connectivity index (χ1n) is 13.5. The summed E-state index contributed by atoms with van der Waals surface area (Å²) in [4.78, 5) is 33.6. The molecule has 0 saturated carbocycles. The molecule has 1 aromatic heterocycles. The Labute approximate surface area is 258 Å². The van der Waals surface area contributed by atoms with E-state index in [-0.39, 0.29) is 59.7 Å². The molecule has 0 N–H and O–H groups in total. The molecule has 5 rings (SSSR count). The number of carbonyl (C=O) groups excluding carboxylic acids is 1. The van der Waals surface area contributed by atoms with Crippen LogP contribution in [0, 0.1) is 11.6 Å². The largest absolute Gasteiger partial charge is 0.417 e. The number of ether oxygens (including phenoxy) is 2. The third-order valence-corrected chi connectivity index (χ3v) is 9.17. The van der Waals surface area contributed by atoms with Gasteiger partial charge in [0.05, 0.1) is 28.8 Å². The van der Waals surface area contributed by atoms with E-state index in [1.807, 2.05) is 0 Å². The van der Waals surface area contributed by atoms with Crippen LogP contribution in [0.4, 0.5) is 27.8 Å². The van der Waals surface area contributed by atoms with Gasteiger partial charge in [0, 0.05) is 65.5 Å². The van der Waals surface area contributed by atoms with E-state index in [4.69, 9.17) is 21.1 Å². The third kappa shape index (κ3) is 5.80. The highest BCUT2D eigenvalue weighted by molar-refractivity contribution is 7.99. The van der Waals surface area contributed by atoms with Crippen molar-refractivity contribution in [3.8, 4) is 11.1 Å². The molecule has 1 fully saturated rings. The molecule has 8 nitrogen and oxygen atoms in total. The highest BCUT2D eigenvalue weighted by Gasteiger charge is 2.40. The summed E-state index contributed by atoms with van der Waals surface area (Å²) < 4.78 is 85.9. The SMILES string of the molecule is C=CC(=O)N1C(C)CN(c2nc(=O)n3c4c(c(-c5cc(Cl)c(F)cc5F)c(C(F)(F)F)cc24)SCC(OCOC)C3)CC1C. The summed E-state index contributed by atoms with van der Waals surface area (Å²) in [5, 5.41) is -0.559. The van der Waals surface area contributed by atoms with Gasteiger partial charge in [-0.2, -0.15) is 18.2 Å². The van der Waals surface area contributed by atoms with Crippen molar-refractivity contribution in [2.45, 2.75) is 49.7 Å². The second-order valence-corrected chi connectivity index (χ2v) is 12.1. The number of hydrogen-bond acceptors (Lipinski definition) is 7. The zero-order valence-electron chi connectivity index (χ0n) is 23.9. The van der Waals surface area contributed by atoms with Crippen molar-refractivity contribution < 1.29 is 36.2 Å². The lowest BCUT2D eigenvalue weighted by molar-refractivity contribution is -0.137. The summed E-state index contributed by atoms with van der Waals surface area (Å²) in [6.45, 7) is 7.22. The molecule has 2 aromatic carbocycles. The van der Waals surface area contributed by atoms with E-state index < -0.39 is 63.4 Å². The van der Waals surface area contributed by atoms with Crippen LogP contribution < -0.4 is 10.6 Å². The number of nitrogens with zero attached hydrogens (tertiary/aromatic N) is 4. The normalized spacial score (nSPS) is 20.6. The number of carbonyl (C=O) groups is 1. The fourth-order valence-electron chi connectivity index (χ4n) is 5.88. The Kier molecular flexibility index (Phi) is 9.00. The summed E-state index contributed by atoms with van der Waals surface area (Å²) in [7, 11) is 1.40. The Morgan fingerprint density at radius 1 is 1.16 bits per heavy atom. The third-order valence-electron chi connectivity index (χ3n) is 7.65. The summed E-state index contributed by atoms with van der Waals surface area (Å²) >= 11 is 6.88. The predicted molar refractivity (Wildman–Crippen MR) is 157 cm³/mol. The number of hydrogen-bond donors (Lipinski definition) is 0. The van der Waals surface area contributed by atoms with E-state index in [1.54, 1.807) is 23.6 Å². The lowest BCUT2D eigenvalue weighted by atomic mass is 9.95. The van der Waals surface area contributed by atoms with Crippen molar-refractivity contribution in [2.24, 2.45) is 0 Å². The number of piperazine rings is 1. The monoisotopic (exact) mass is 658 g/mol. The summed E-state index contributed by atoms with van der Waals surface area (Å²) in [6, 6.07) is 1.30. The number of anilines is 1. The van der Waals surface area contributed by atoms with Crippen LogP contribution in [0.2, 0.25) is 5.02 Å². The minimum atomic E-state index is -5.00. The average Bonchev–Trinajstić information content (AvgIpc) is 3.15. The fraction of sp³-hybridized carbons (Fsp3) is 0.414. The highest BCUT2D eigenvalue weighted by atomic mass is 35.5. The van der Waals surface area contributed by atoms with Gasteiger partial charge in [-0.25, -0.2) is 13.6 Å². The van der Waals surface area contributed by atoms with Gasteiger partial charge in [0.25, 0.3) is 0 Å². The van der Waals surface area contributed by atoms with Crippen molar-refractivity contribution in [2.75, 3.05) is 37.6 Å². The number of rotatable bonds is 6. The molecule has 0 radical (unpaired) electrons. The zero-order valence-corrected chi connectivity index (χ0v) is 25.5. The maximum Gasteiger partial charge on any atom is 0.417 e. The maximum absolute atomic E-state index is 15.3. The Morgan fingerprint density at radius 2 is 1.84 bits per heavy atom. The molecule has 44 heavy (non-hydrogen) atoms. The lowest BCUT2D eigenvalue weighted by Crippen LogP contribution is -2.58. The van der Waals surface area contributed by atoms with Gasteiger partial charge in [-0.15, -0.1) is 11.8 Å². The molecule has 0 bridgehead atoms. The zero-order chi connectivity index (χ0) is 32.1. The molecule has 15 heteroatoms. The summed E-state index contributed by atoms with van der Waals surface area (Å²) in [5.74, 6) is -2.60. The van der Waals surface area contributed by atoms with Gasteiger partial charge in [0.15, 0.2) is 0 Å². The van der Waals surface area contributed by atoms with E-state index >= 15 is 4.39 Å². The van der Waals surface area contributed by atoms with E-state index in [0.717, 1.165) is 23.9 Å². The number of aromatic nitrogens is 2. The van der Waals surface area contributed by atoms with Crippen molar-refractivity contribution in [3.05, 3.63) is 63.6 Å². The van der Waals surface area contributed by atoms with Crippen LogP contribution in [0.15, 0.2) is 40.5 Å². The quantitative estimate of drug-likeness (QED) is 0.145. The first kappa shape index (κ1) is 32.2. The molecule has 3 atom stereocenters. The molecule has 236 valence electrons. The molecular weight excluding hydrogens is 631 g/mol. The lowest BCUT2D eigenvalue weighted by Gasteiger charge is -2.44. The van der Waals surface area contributed by atoms with Crippen LogP contribution in [0.5, 0.6) is 0 Å². The van der Waals surface area contributed by atoms with E-state index in [0.29, 0.717) is 6.07 Å². The molecule has 1 amide bonds. The Morgan fingerprint density at radius 3 is 2.45 bits per heavy atom. The van der Waals surface area contributed by atoms with Gasteiger partial charge < -0.3 is 19.3 Å². The van der Waals surface area contributed by atoms with Gasteiger partial charge in [0.1, 0.15) is 24.2 Å². The number of thioether (sulfide) groups is 1. The van der Waals surface area contributed by atoms with Crippen LogP contribution in [0.3, 0.4) is 0 Å². The number of benzene rings is 2. The second-order valence-electron chi connectivity index (χ2n) is 10.7. The Hall–Kier alpha value is -3.20. The highest BCUT2D eigenvalue weighted by Crippen LogP contribution is 2.49. The molecular formula is C29H28ClF5N4O4S. The Bertz CT molecular complexity index is 1690. The van der Waals surface area contributed by atoms with E-state index in [9.17, 15) is 27.2 Å². The van der Waals surface area contributed by atoms with Gasteiger partial charge in [0.2, 0.25) is 5.91 Å². The van der Waals surface area contributed by atoms with Crippen molar-refractivity contribution in [3.63, 3.8) is 0 Å². The summed E-state index contributed by atoms with van der Waals surface area (Å²) in [6.07, 6.45) is -4.49. The molecule has 2 aliphatic heterocycles. The number of methoxy groups -OCH3 is 1. The van der Waals surface area contributed by atoms with Crippen LogP contribution in [0.1, 0.15) is 19.4 Å². The van der Waals surface area contributed by atoms with Crippen molar-refractivity contribution in [1.82, 2.24) is 14.5 Å². The van der Waals surface area contributed by atoms with Crippen LogP contribution in [0.25, 0.3) is 22.0 Å². The smallest absolute Gasteiger partial charge is 0.359 e. The van der Waals surface area contributed by atoms with E-state index in [1.165, 1.54) is 17.8 Å². The van der Waals surface area contributed by atoms with Crippen molar-refractivity contribution >= 4 is 46.0 Å². The van der Waals surface area contributed by atoms with E-state index in [2.05, 4.69) is 11.6 Å². The Balaban J connectivity index is 1.83. The second kappa shape index (κ2) is 12.3. The molecule has 3 heterocycles. The molecule has 0 aliphatic carbocycles. The fourth-order valence-corrected chi connectivity index (χ4v) is 7.32. The molecule has 3 aromatic rings.